The number of aryl methyl sites for hydroxylation is 2. The van der Waals surface area contributed by atoms with Gasteiger partial charge in [-0.25, -0.2) is 10.8 Å². The Balaban J connectivity index is 2.22. The van der Waals surface area contributed by atoms with Gasteiger partial charge in [0, 0.05) is 6.54 Å². The summed E-state index contributed by atoms with van der Waals surface area (Å²) >= 11 is 1.35. The molecular weight excluding hydrogens is 256 g/mol. The number of rotatable bonds is 4. The zero-order valence-corrected chi connectivity index (χ0v) is 10.5. The first-order valence-electron chi connectivity index (χ1n) is 5.22. The second-order valence-corrected chi connectivity index (χ2v) is 4.56. The minimum absolute atomic E-state index is 0.0433. The third kappa shape index (κ3) is 2.40. The van der Waals surface area contributed by atoms with Crippen LogP contribution < -0.4 is 17.0 Å². The van der Waals surface area contributed by atoms with Gasteiger partial charge >= 0.3 is 5.97 Å². The third-order valence-corrected chi connectivity index (χ3v) is 3.53. The molecule has 2 heterocycles. The zero-order valence-electron chi connectivity index (χ0n) is 9.67. The Labute approximate surface area is 106 Å². The Bertz CT molecular complexity index is 634. The van der Waals surface area contributed by atoms with Crippen molar-refractivity contribution in [2.45, 2.75) is 19.9 Å². The molecule has 0 aliphatic carbocycles. The van der Waals surface area contributed by atoms with Gasteiger partial charge in [-0.3, -0.25) is 14.2 Å². The van der Waals surface area contributed by atoms with Gasteiger partial charge in [0.1, 0.15) is 4.70 Å². The molecule has 2 aromatic rings. The normalized spacial score (nSPS) is 10.8. The molecule has 0 fully saturated rings. The highest BCUT2D eigenvalue weighted by Gasteiger charge is 2.09. The van der Waals surface area contributed by atoms with Crippen molar-refractivity contribution in [3.05, 3.63) is 27.6 Å². The van der Waals surface area contributed by atoms with Gasteiger partial charge in [-0.1, -0.05) is 5.59 Å². The van der Waals surface area contributed by atoms with E-state index in [0.29, 0.717) is 10.2 Å². The maximum atomic E-state index is 12.1. The van der Waals surface area contributed by atoms with E-state index in [9.17, 15) is 9.59 Å². The van der Waals surface area contributed by atoms with Crippen molar-refractivity contribution in [2.24, 2.45) is 5.84 Å². The van der Waals surface area contributed by atoms with Crippen molar-refractivity contribution in [1.29, 1.82) is 0 Å². The standard InChI is InChI=1S/C10H12N4O3S/c1-6-4-18-9-8(6)12-5-14(10(9)16)3-2-7(15)17-13-11/h4-5,13H,2-3,11H2,1H3. The second-order valence-electron chi connectivity index (χ2n) is 3.68. The van der Waals surface area contributed by atoms with Crippen molar-refractivity contribution in [3.63, 3.8) is 0 Å². The van der Waals surface area contributed by atoms with Crippen molar-refractivity contribution in [3.8, 4) is 0 Å². The van der Waals surface area contributed by atoms with Gasteiger partial charge in [-0.05, 0) is 17.9 Å². The van der Waals surface area contributed by atoms with E-state index in [1.54, 1.807) is 5.59 Å². The molecule has 0 amide bonds. The zero-order chi connectivity index (χ0) is 13.1. The van der Waals surface area contributed by atoms with E-state index >= 15 is 0 Å². The third-order valence-electron chi connectivity index (χ3n) is 2.45. The van der Waals surface area contributed by atoms with Crippen LogP contribution in [0.3, 0.4) is 0 Å². The molecule has 0 saturated carbocycles. The van der Waals surface area contributed by atoms with Crippen LogP contribution in [0.2, 0.25) is 0 Å². The monoisotopic (exact) mass is 268 g/mol. The van der Waals surface area contributed by atoms with Crippen LogP contribution in [0.1, 0.15) is 12.0 Å². The lowest BCUT2D eigenvalue weighted by Crippen LogP contribution is -2.28. The lowest BCUT2D eigenvalue weighted by atomic mass is 10.3. The quantitative estimate of drug-likeness (QED) is 0.601. The molecule has 0 atom stereocenters. The molecule has 2 aromatic heterocycles. The maximum absolute atomic E-state index is 12.1. The van der Waals surface area contributed by atoms with E-state index < -0.39 is 5.97 Å². The van der Waals surface area contributed by atoms with E-state index in [1.165, 1.54) is 22.2 Å². The Kier molecular flexibility index (Phi) is 3.70. The van der Waals surface area contributed by atoms with Crippen LogP contribution in [0.5, 0.6) is 0 Å². The van der Waals surface area contributed by atoms with Crippen LogP contribution in [-0.4, -0.2) is 15.5 Å². The number of hydrogen-bond acceptors (Lipinski definition) is 7. The number of hydrogen-bond donors (Lipinski definition) is 2. The lowest BCUT2D eigenvalue weighted by Gasteiger charge is -2.04. The molecule has 7 nitrogen and oxygen atoms in total. The molecule has 2 rings (SSSR count). The summed E-state index contributed by atoms with van der Waals surface area (Å²) in [7, 11) is 0. The number of carbonyl (C=O) groups excluding carboxylic acids is 1. The van der Waals surface area contributed by atoms with Gasteiger partial charge in [-0.2, -0.15) is 0 Å². The van der Waals surface area contributed by atoms with Crippen LogP contribution in [0.25, 0.3) is 10.2 Å². The first kappa shape index (κ1) is 12.7. The predicted molar refractivity (Wildman–Crippen MR) is 66.6 cm³/mol. The summed E-state index contributed by atoms with van der Waals surface area (Å²) in [5, 5.41) is 1.88. The molecule has 0 aromatic carbocycles. The van der Waals surface area contributed by atoms with Crippen LogP contribution in [0, 0.1) is 6.92 Å². The predicted octanol–water partition coefficient (Wildman–Crippen LogP) is 0.0780. The van der Waals surface area contributed by atoms with E-state index in [0.717, 1.165) is 5.56 Å². The Morgan fingerprint density at radius 1 is 1.67 bits per heavy atom. The highest BCUT2D eigenvalue weighted by atomic mass is 32.1. The molecule has 0 unspecified atom stereocenters. The van der Waals surface area contributed by atoms with E-state index in [2.05, 4.69) is 9.82 Å². The Morgan fingerprint density at radius 3 is 3.17 bits per heavy atom. The van der Waals surface area contributed by atoms with Crippen molar-refractivity contribution in [1.82, 2.24) is 15.1 Å². The van der Waals surface area contributed by atoms with Gasteiger partial charge in [-0.15, -0.1) is 11.3 Å². The van der Waals surface area contributed by atoms with Crippen molar-refractivity contribution >= 4 is 27.5 Å². The number of thiophene rings is 1. The fourth-order valence-corrected chi connectivity index (χ4v) is 2.50. The summed E-state index contributed by atoms with van der Waals surface area (Å²) in [5.41, 5.74) is 3.35. The second kappa shape index (κ2) is 5.25. The SMILES string of the molecule is Cc1csc2c(=O)n(CCC(=O)ONN)cnc12. The van der Waals surface area contributed by atoms with Crippen LogP contribution in [0.4, 0.5) is 0 Å². The first-order chi connectivity index (χ1) is 8.63. The number of nitrogens with two attached hydrogens (primary N) is 1. The molecular formula is C10H12N4O3S. The van der Waals surface area contributed by atoms with Crippen LogP contribution in [-0.2, 0) is 16.2 Å². The van der Waals surface area contributed by atoms with Crippen LogP contribution >= 0.6 is 11.3 Å². The highest BCUT2D eigenvalue weighted by molar-refractivity contribution is 7.17. The molecule has 96 valence electrons. The summed E-state index contributed by atoms with van der Waals surface area (Å²) in [4.78, 5) is 31.7. The molecule has 18 heavy (non-hydrogen) atoms. The molecule has 0 radical (unpaired) electrons. The Hall–Kier alpha value is -1.77. The van der Waals surface area contributed by atoms with Gasteiger partial charge in [0.2, 0.25) is 0 Å². The average molecular weight is 268 g/mol. The molecule has 3 N–H and O–H groups in total. The number of fused-ring (bicyclic) bond motifs is 1. The van der Waals surface area contributed by atoms with Gasteiger partial charge < -0.3 is 4.84 Å². The van der Waals surface area contributed by atoms with Crippen molar-refractivity contribution < 1.29 is 9.63 Å². The minimum Gasteiger partial charge on any atom is -0.356 e. The molecule has 0 saturated heterocycles. The van der Waals surface area contributed by atoms with E-state index in [1.807, 2.05) is 12.3 Å². The topological polar surface area (TPSA) is 99.2 Å². The number of aromatic nitrogens is 2. The molecule has 0 aliphatic rings. The van der Waals surface area contributed by atoms with Gasteiger partial charge in [0.05, 0.1) is 18.3 Å². The number of nitrogens with zero attached hydrogens (tertiary/aromatic N) is 2. The number of nitrogens with one attached hydrogen (secondary N) is 1. The first-order valence-corrected chi connectivity index (χ1v) is 6.10. The molecule has 8 heteroatoms. The van der Waals surface area contributed by atoms with E-state index in [4.69, 9.17) is 5.84 Å². The fourth-order valence-electron chi connectivity index (χ4n) is 1.55. The number of hydrazine groups is 1. The van der Waals surface area contributed by atoms with Crippen LogP contribution in [0.15, 0.2) is 16.5 Å². The summed E-state index contributed by atoms with van der Waals surface area (Å²) in [5.74, 6) is 4.30. The minimum atomic E-state index is -0.535. The lowest BCUT2D eigenvalue weighted by molar-refractivity contribution is -0.151. The van der Waals surface area contributed by atoms with Gasteiger partial charge in [0.15, 0.2) is 0 Å². The fraction of sp³-hybridized carbons (Fsp3) is 0.300. The summed E-state index contributed by atoms with van der Waals surface area (Å²) < 4.78 is 1.98. The largest absolute Gasteiger partial charge is 0.356 e. The average Bonchev–Trinajstić information content (AvgIpc) is 2.72. The summed E-state index contributed by atoms with van der Waals surface area (Å²) in [6.45, 7) is 2.11. The highest BCUT2D eigenvalue weighted by Crippen LogP contribution is 2.19. The van der Waals surface area contributed by atoms with Gasteiger partial charge in [0.25, 0.3) is 5.56 Å². The summed E-state index contributed by atoms with van der Waals surface area (Å²) in [6, 6.07) is 0. The molecule has 0 bridgehead atoms. The molecule has 0 aliphatic heterocycles. The molecule has 0 spiro atoms. The van der Waals surface area contributed by atoms with E-state index in [-0.39, 0.29) is 18.5 Å². The number of carbonyl (C=O) groups is 1. The summed E-state index contributed by atoms with van der Waals surface area (Å²) in [6.07, 6.45) is 1.48. The smallest absolute Gasteiger partial charge is 0.328 e. The maximum Gasteiger partial charge on any atom is 0.328 e. The Morgan fingerprint density at radius 2 is 2.44 bits per heavy atom. The van der Waals surface area contributed by atoms with Crippen molar-refractivity contribution in [2.75, 3.05) is 0 Å².